The minimum atomic E-state index is 0.546. The number of H-pyrrole nitrogens is 1. The SMILES string of the molecule is O=CNCc1ccccc1-c1ccc2[nH]ccc2c1. The number of aromatic amines is 1. The monoisotopic (exact) mass is 250 g/mol. The fourth-order valence-corrected chi connectivity index (χ4v) is 2.33. The molecule has 0 bridgehead atoms. The smallest absolute Gasteiger partial charge is 0.207 e. The van der Waals surface area contributed by atoms with E-state index in [-0.39, 0.29) is 0 Å². The minimum Gasteiger partial charge on any atom is -0.361 e. The van der Waals surface area contributed by atoms with Gasteiger partial charge < -0.3 is 10.3 Å². The number of nitrogens with one attached hydrogen (secondary N) is 2. The first kappa shape index (κ1) is 11.5. The van der Waals surface area contributed by atoms with Gasteiger partial charge in [-0.05, 0) is 40.3 Å². The van der Waals surface area contributed by atoms with Crippen LogP contribution in [0.4, 0.5) is 0 Å². The van der Waals surface area contributed by atoms with Crippen molar-refractivity contribution < 1.29 is 4.79 Å². The van der Waals surface area contributed by atoms with Crippen LogP contribution in [0.1, 0.15) is 5.56 Å². The summed E-state index contributed by atoms with van der Waals surface area (Å²) in [6.45, 7) is 0.546. The summed E-state index contributed by atoms with van der Waals surface area (Å²) in [6, 6.07) is 16.5. The standard InChI is InChI=1S/C16H14N2O/c19-11-17-10-14-3-1-2-4-15(14)12-5-6-16-13(9-12)7-8-18-16/h1-9,11,18H,10H2,(H,17,19). The van der Waals surface area contributed by atoms with Gasteiger partial charge in [0.05, 0.1) is 0 Å². The molecule has 3 rings (SSSR count). The maximum Gasteiger partial charge on any atom is 0.207 e. The lowest BCUT2D eigenvalue weighted by Crippen LogP contribution is -2.10. The molecular weight excluding hydrogens is 236 g/mol. The van der Waals surface area contributed by atoms with E-state index in [4.69, 9.17) is 0 Å². The molecule has 1 amide bonds. The quantitative estimate of drug-likeness (QED) is 0.687. The number of aromatic nitrogens is 1. The van der Waals surface area contributed by atoms with Crippen LogP contribution < -0.4 is 5.32 Å². The summed E-state index contributed by atoms with van der Waals surface area (Å²) in [7, 11) is 0. The van der Waals surface area contributed by atoms with Crippen LogP contribution in [0.5, 0.6) is 0 Å². The second-order valence-electron chi connectivity index (χ2n) is 4.44. The van der Waals surface area contributed by atoms with E-state index in [0.29, 0.717) is 6.54 Å². The number of hydrogen-bond donors (Lipinski definition) is 2. The van der Waals surface area contributed by atoms with Gasteiger partial charge in [-0.2, -0.15) is 0 Å². The first-order valence-electron chi connectivity index (χ1n) is 6.21. The van der Waals surface area contributed by atoms with Gasteiger partial charge in [0.25, 0.3) is 0 Å². The normalized spacial score (nSPS) is 10.5. The summed E-state index contributed by atoms with van der Waals surface area (Å²) in [4.78, 5) is 13.6. The molecule has 2 aromatic carbocycles. The average Bonchev–Trinajstić information content (AvgIpc) is 2.92. The lowest BCUT2D eigenvalue weighted by Gasteiger charge is -2.09. The van der Waals surface area contributed by atoms with Crippen LogP contribution in [0, 0.1) is 0 Å². The summed E-state index contributed by atoms with van der Waals surface area (Å²) in [5, 5.41) is 3.91. The Bertz CT molecular complexity index is 715. The lowest BCUT2D eigenvalue weighted by atomic mass is 9.98. The maximum absolute atomic E-state index is 10.5. The molecule has 94 valence electrons. The summed E-state index contributed by atoms with van der Waals surface area (Å²) in [5.74, 6) is 0. The summed E-state index contributed by atoms with van der Waals surface area (Å²) >= 11 is 0. The second-order valence-corrected chi connectivity index (χ2v) is 4.44. The Hall–Kier alpha value is -2.55. The van der Waals surface area contributed by atoms with Gasteiger partial charge in [-0.25, -0.2) is 0 Å². The maximum atomic E-state index is 10.5. The van der Waals surface area contributed by atoms with Crippen LogP contribution in [0.3, 0.4) is 0 Å². The van der Waals surface area contributed by atoms with Gasteiger partial charge in [0, 0.05) is 18.3 Å². The summed E-state index contributed by atoms with van der Waals surface area (Å²) in [6.07, 6.45) is 2.67. The van der Waals surface area contributed by atoms with Crippen LogP contribution >= 0.6 is 0 Å². The van der Waals surface area contributed by atoms with E-state index in [1.54, 1.807) is 0 Å². The Morgan fingerprint density at radius 2 is 2.00 bits per heavy atom. The van der Waals surface area contributed by atoms with Gasteiger partial charge in [-0.1, -0.05) is 30.3 Å². The molecule has 0 radical (unpaired) electrons. The molecule has 1 aromatic heterocycles. The number of carbonyl (C=O) groups is 1. The molecule has 0 aliphatic rings. The molecule has 0 atom stereocenters. The number of carbonyl (C=O) groups excluding carboxylic acids is 1. The molecule has 19 heavy (non-hydrogen) atoms. The van der Waals surface area contributed by atoms with E-state index in [1.807, 2.05) is 24.4 Å². The van der Waals surface area contributed by atoms with Crippen LogP contribution in [0.2, 0.25) is 0 Å². The molecule has 2 N–H and O–H groups in total. The highest BCUT2D eigenvalue weighted by atomic mass is 16.1. The van der Waals surface area contributed by atoms with Crippen molar-refractivity contribution in [3.63, 3.8) is 0 Å². The van der Waals surface area contributed by atoms with Gasteiger partial charge >= 0.3 is 0 Å². The van der Waals surface area contributed by atoms with E-state index < -0.39 is 0 Å². The largest absolute Gasteiger partial charge is 0.361 e. The Kier molecular flexibility index (Phi) is 3.02. The van der Waals surface area contributed by atoms with Crippen LogP contribution in [-0.2, 0) is 11.3 Å². The molecule has 0 saturated heterocycles. The topological polar surface area (TPSA) is 44.9 Å². The molecule has 1 heterocycles. The van der Waals surface area contributed by atoms with Crippen LogP contribution in [-0.4, -0.2) is 11.4 Å². The van der Waals surface area contributed by atoms with Crippen molar-refractivity contribution in [2.24, 2.45) is 0 Å². The molecule has 3 nitrogen and oxygen atoms in total. The number of amides is 1. The number of benzene rings is 2. The molecule has 0 spiro atoms. The van der Waals surface area contributed by atoms with Crippen molar-refractivity contribution in [1.82, 2.24) is 10.3 Å². The highest BCUT2D eigenvalue weighted by Crippen LogP contribution is 2.26. The van der Waals surface area contributed by atoms with Crippen molar-refractivity contribution in [2.45, 2.75) is 6.54 Å². The minimum absolute atomic E-state index is 0.546. The van der Waals surface area contributed by atoms with E-state index in [9.17, 15) is 4.79 Å². The molecule has 3 heteroatoms. The Labute approximate surface area is 111 Å². The van der Waals surface area contributed by atoms with Gasteiger partial charge in [0.15, 0.2) is 0 Å². The third-order valence-corrected chi connectivity index (χ3v) is 3.26. The van der Waals surface area contributed by atoms with E-state index >= 15 is 0 Å². The predicted octanol–water partition coefficient (Wildman–Crippen LogP) is 3.08. The molecule has 0 unspecified atom stereocenters. The summed E-state index contributed by atoms with van der Waals surface area (Å²) in [5.41, 5.74) is 4.56. The van der Waals surface area contributed by atoms with Crippen molar-refractivity contribution in [3.05, 3.63) is 60.3 Å². The van der Waals surface area contributed by atoms with Gasteiger partial charge in [-0.15, -0.1) is 0 Å². The lowest BCUT2D eigenvalue weighted by molar-refractivity contribution is -0.109. The highest BCUT2D eigenvalue weighted by molar-refractivity contribution is 5.85. The Balaban J connectivity index is 2.06. The van der Waals surface area contributed by atoms with Crippen LogP contribution in [0.15, 0.2) is 54.7 Å². The molecule has 0 saturated carbocycles. The average molecular weight is 250 g/mol. The Morgan fingerprint density at radius 3 is 2.89 bits per heavy atom. The van der Waals surface area contributed by atoms with Crippen molar-refractivity contribution >= 4 is 17.3 Å². The third kappa shape index (κ3) is 2.22. The first-order valence-corrected chi connectivity index (χ1v) is 6.21. The van der Waals surface area contributed by atoms with E-state index in [0.717, 1.165) is 28.6 Å². The zero-order chi connectivity index (χ0) is 13.1. The zero-order valence-electron chi connectivity index (χ0n) is 10.4. The fourth-order valence-electron chi connectivity index (χ4n) is 2.33. The predicted molar refractivity (Wildman–Crippen MR) is 76.6 cm³/mol. The number of fused-ring (bicyclic) bond motifs is 1. The van der Waals surface area contributed by atoms with E-state index in [1.165, 1.54) is 5.39 Å². The molecule has 3 aromatic rings. The van der Waals surface area contributed by atoms with E-state index in [2.05, 4.69) is 40.6 Å². The third-order valence-electron chi connectivity index (χ3n) is 3.26. The first-order chi connectivity index (χ1) is 9.38. The van der Waals surface area contributed by atoms with Gasteiger partial charge in [-0.3, -0.25) is 4.79 Å². The molecule has 0 aliphatic heterocycles. The number of hydrogen-bond acceptors (Lipinski definition) is 1. The molecule has 0 aliphatic carbocycles. The summed E-state index contributed by atoms with van der Waals surface area (Å²) < 4.78 is 0. The van der Waals surface area contributed by atoms with Gasteiger partial charge in [0.1, 0.15) is 0 Å². The Morgan fingerprint density at radius 1 is 1.11 bits per heavy atom. The van der Waals surface area contributed by atoms with Crippen molar-refractivity contribution in [1.29, 1.82) is 0 Å². The number of rotatable bonds is 4. The zero-order valence-corrected chi connectivity index (χ0v) is 10.4. The molecular formula is C16H14N2O. The second kappa shape index (κ2) is 4.98. The molecule has 0 fully saturated rings. The van der Waals surface area contributed by atoms with Crippen molar-refractivity contribution in [2.75, 3.05) is 0 Å². The fraction of sp³-hybridized carbons (Fsp3) is 0.0625. The highest BCUT2D eigenvalue weighted by Gasteiger charge is 2.05. The van der Waals surface area contributed by atoms with Crippen LogP contribution in [0.25, 0.3) is 22.0 Å². The van der Waals surface area contributed by atoms with Crippen molar-refractivity contribution in [3.8, 4) is 11.1 Å². The van der Waals surface area contributed by atoms with Gasteiger partial charge in [0.2, 0.25) is 6.41 Å².